The second kappa shape index (κ2) is 9.07. The first-order valence-corrected chi connectivity index (χ1v) is 11.3. The van der Waals surface area contributed by atoms with Crippen LogP contribution in [0.5, 0.6) is 0 Å². The van der Waals surface area contributed by atoms with E-state index in [1.165, 1.54) is 4.31 Å². The molecule has 5 nitrogen and oxygen atoms in total. The van der Waals surface area contributed by atoms with Gasteiger partial charge in [-0.15, -0.1) is 0 Å². The van der Waals surface area contributed by atoms with Crippen LogP contribution in [0.1, 0.15) is 25.3 Å². The lowest BCUT2D eigenvalue weighted by Gasteiger charge is -2.31. The molecule has 150 valence electrons. The van der Waals surface area contributed by atoms with E-state index in [1.807, 2.05) is 31.2 Å². The highest BCUT2D eigenvalue weighted by Gasteiger charge is 2.32. The Kier molecular flexibility index (Phi) is 6.75. The number of carbonyl (C=O) groups is 1. The molecule has 1 aliphatic rings. The lowest BCUT2D eigenvalue weighted by Crippen LogP contribution is -2.45. The van der Waals surface area contributed by atoms with Crippen molar-refractivity contribution < 1.29 is 13.2 Å². The molecular formula is C21H25ClN2O3S. The molecule has 2 aromatic carbocycles. The first-order chi connectivity index (χ1) is 13.4. The van der Waals surface area contributed by atoms with Gasteiger partial charge in [0.05, 0.1) is 4.90 Å². The van der Waals surface area contributed by atoms with Crippen LogP contribution in [-0.2, 0) is 21.2 Å². The molecule has 0 aromatic heterocycles. The Hall–Kier alpha value is -1.89. The molecule has 0 unspecified atom stereocenters. The Morgan fingerprint density at radius 3 is 2.36 bits per heavy atom. The Labute approximate surface area is 171 Å². The van der Waals surface area contributed by atoms with Crippen LogP contribution in [0, 0.1) is 5.92 Å². The van der Waals surface area contributed by atoms with Crippen molar-refractivity contribution in [2.75, 3.05) is 13.1 Å². The van der Waals surface area contributed by atoms with E-state index in [1.54, 1.807) is 30.3 Å². The molecule has 1 N–H and O–H groups in total. The molecule has 3 rings (SSSR count). The molecule has 28 heavy (non-hydrogen) atoms. The van der Waals surface area contributed by atoms with Crippen molar-refractivity contribution in [1.82, 2.24) is 9.62 Å². The van der Waals surface area contributed by atoms with Gasteiger partial charge >= 0.3 is 0 Å². The van der Waals surface area contributed by atoms with Crippen molar-refractivity contribution in [3.8, 4) is 0 Å². The lowest BCUT2D eigenvalue weighted by atomic mass is 9.96. The summed E-state index contributed by atoms with van der Waals surface area (Å²) in [5.74, 6) is -0.188. The zero-order valence-electron chi connectivity index (χ0n) is 15.8. The number of hydrogen-bond donors (Lipinski definition) is 1. The van der Waals surface area contributed by atoms with E-state index < -0.39 is 10.0 Å². The maximum absolute atomic E-state index is 12.7. The summed E-state index contributed by atoms with van der Waals surface area (Å²) in [6.07, 6.45) is 1.71. The molecule has 0 aliphatic carbocycles. The molecule has 2 aromatic rings. The number of benzene rings is 2. The average molecular weight is 421 g/mol. The highest BCUT2D eigenvalue weighted by atomic mass is 35.5. The zero-order valence-corrected chi connectivity index (χ0v) is 17.4. The molecule has 1 heterocycles. The SMILES string of the molecule is C[C@@H](Cc1ccccc1Cl)NC(=O)C1CCN(S(=O)(=O)c2ccccc2)CC1. The van der Waals surface area contributed by atoms with E-state index in [2.05, 4.69) is 5.32 Å². The predicted octanol–water partition coefficient (Wildman–Crippen LogP) is 3.49. The van der Waals surface area contributed by atoms with Gasteiger partial charge in [0, 0.05) is 30.1 Å². The summed E-state index contributed by atoms with van der Waals surface area (Å²) in [5.41, 5.74) is 1.00. The minimum Gasteiger partial charge on any atom is -0.353 e. The molecule has 0 spiro atoms. The van der Waals surface area contributed by atoms with Gasteiger partial charge in [-0.2, -0.15) is 4.31 Å². The first kappa shape index (κ1) is 20.8. The van der Waals surface area contributed by atoms with Crippen molar-refractivity contribution in [2.45, 2.75) is 37.1 Å². The maximum Gasteiger partial charge on any atom is 0.243 e. The largest absolute Gasteiger partial charge is 0.353 e. The van der Waals surface area contributed by atoms with Crippen LogP contribution in [0.2, 0.25) is 5.02 Å². The van der Waals surface area contributed by atoms with Gasteiger partial charge in [-0.05, 0) is 49.9 Å². The number of sulfonamides is 1. The molecule has 7 heteroatoms. The number of halogens is 1. The third kappa shape index (κ3) is 4.93. The minimum atomic E-state index is -3.49. The van der Waals surface area contributed by atoms with Crippen LogP contribution in [0.25, 0.3) is 0 Å². The van der Waals surface area contributed by atoms with Gasteiger partial charge in [0.25, 0.3) is 0 Å². The van der Waals surface area contributed by atoms with Gasteiger partial charge in [-0.3, -0.25) is 4.79 Å². The van der Waals surface area contributed by atoms with Gasteiger partial charge in [-0.1, -0.05) is 48.0 Å². The molecule has 0 bridgehead atoms. The van der Waals surface area contributed by atoms with E-state index in [4.69, 9.17) is 11.6 Å². The normalized spacial score (nSPS) is 17.2. The van der Waals surface area contributed by atoms with Crippen LogP contribution in [0.15, 0.2) is 59.5 Å². The Morgan fingerprint density at radius 2 is 1.71 bits per heavy atom. The quantitative estimate of drug-likeness (QED) is 0.777. The standard InChI is InChI=1S/C21H25ClN2O3S/c1-16(15-18-7-5-6-10-20(18)22)23-21(25)17-11-13-24(14-12-17)28(26,27)19-8-3-2-4-9-19/h2-10,16-17H,11-15H2,1H3,(H,23,25)/t16-/m0/s1. The van der Waals surface area contributed by atoms with Gasteiger partial charge in [0.15, 0.2) is 0 Å². The summed E-state index contributed by atoms with van der Waals surface area (Å²) in [7, 11) is -3.49. The van der Waals surface area contributed by atoms with Crippen LogP contribution >= 0.6 is 11.6 Å². The molecule has 1 atom stereocenters. The van der Waals surface area contributed by atoms with Gasteiger partial charge < -0.3 is 5.32 Å². The van der Waals surface area contributed by atoms with E-state index in [0.717, 1.165) is 5.56 Å². The highest BCUT2D eigenvalue weighted by molar-refractivity contribution is 7.89. The van der Waals surface area contributed by atoms with E-state index in [9.17, 15) is 13.2 Å². The van der Waals surface area contributed by atoms with E-state index in [0.29, 0.717) is 42.3 Å². The van der Waals surface area contributed by atoms with E-state index in [-0.39, 0.29) is 17.9 Å². The third-order valence-electron chi connectivity index (χ3n) is 5.08. The smallest absolute Gasteiger partial charge is 0.243 e. The van der Waals surface area contributed by atoms with Gasteiger partial charge in [0.2, 0.25) is 15.9 Å². The number of piperidine rings is 1. The molecule has 0 radical (unpaired) electrons. The monoisotopic (exact) mass is 420 g/mol. The molecule has 1 amide bonds. The Bertz CT molecular complexity index is 910. The summed E-state index contributed by atoms with van der Waals surface area (Å²) in [5, 5.41) is 3.74. The number of nitrogens with one attached hydrogen (secondary N) is 1. The number of hydrogen-bond acceptors (Lipinski definition) is 3. The Balaban J connectivity index is 1.53. The van der Waals surface area contributed by atoms with Crippen LogP contribution < -0.4 is 5.32 Å². The third-order valence-corrected chi connectivity index (χ3v) is 7.36. The number of rotatable bonds is 6. The molecule has 1 aliphatic heterocycles. The van der Waals surface area contributed by atoms with Crippen LogP contribution in [0.3, 0.4) is 0 Å². The second-order valence-electron chi connectivity index (χ2n) is 7.20. The summed E-state index contributed by atoms with van der Waals surface area (Å²) >= 11 is 6.19. The fourth-order valence-corrected chi connectivity index (χ4v) is 5.21. The first-order valence-electron chi connectivity index (χ1n) is 9.47. The lowest BCUT2D eigenvalue weighted by molar-refractivity contribution is -0.126. The zero-order chi connectivity index (χ0) is 20.1. The van der Waals surface area contributed by atoms with Crippen molar-refractivity contribution in [2.24, 2.45) is 5.92 Å². The molecular weight excluding hydrogens is 396 g/mol. The predicted molar refractivity (Wildman–Crippen MR) is 111 cm³/mol. The fourth-order valence-electron chi connectivity index (χ4n) is 3.51. The van der Waals surface area contributed by atoms with Crippen molar-refractivity contribution >= 4 is 27.5 Å². The second-order valence-corrected chi connectivity index (χ2v) is 9.54. The number of nitrogens with zero attached hydrogens (tertiary/aromatic N) is 1. The van der Waals surface area contributed by atoms with Crippen molar-refractivity contribution in [3.05, 3.63) is 65.2 Å². The Morgan fingerprint density at radius 1 is 1.11 bits per heavy atom. The molecule has 1 fully saturated rings. The summed E-state index contributed by atoms with van der Waals surface area (Å²) in [6.45, 7) is 2.67. The number of amides is 1. The van der Waals surface area contributed by atoms with Crippen LogP contribution in [0.4, 0.5) is 0 Å². The average Bonchev–Trinajstić information content (AvgIpc) is 2.70. The summed E-state index contributed by atoms with van der Waals surface area (Å²) in [4.78, 5) is 12.9. The molecule has 1 saturated heterocycles. The summed E-state index contributed by atoms with van der Waals surface area (Å²) in [6, 6.07) is 16.0. The maximum atomic E-state index is 12.7. The van der Waals surface area contributed by atoms with Crippen molar-refractivity contribution in [1.29, 1.82) is 0 Å². The highest BCUT2D eigenvalue weighted by Crippen LogP contribution is 2.24. The molecule has 0 saturated carbocycles. The summed E-state index contributed by atoms with van der Waals surface area (Å²) < 4.78 is 26.9. The van der Waals surface area contributed by atoms with Crippen LogP contribution in [-0.4, -0.2) is 37.8 Å². The van der Waals surface area contributed by atoms with Gasteiger partial charge in [-0.25, -0.2) is 8.42 Å². The topological polar surface area (TPSA) is 66.5 Å². The number of carbonyl (C=O) groups excluding carboxylic acids is 1. The fraction of sp³-hybridized carbons (Fsp3) is 0.381. The van der Waals surface area contributed by atoms with E-state index >= 15 is 0 Å². The van der Waals surface area contributed by atoms with Crippen molar-refractivity contribution in [3.63, 3.8) is 0 Å². The van der Waals surface area contributed by atoms with Gasteiger partial charge in [0.1, 0.15) is 0 Å². The minimum absolute atomic E-state index is 0.0173.